The van der Waals surface area contributed by atoms with Crippen molar-refractivity contribution in [1.29, 1.82) is 0 Å². The van der Waals surface area contributed by atoms with E-state index in [1.165, 1.54) is 30.9 Å². The number of rotatable bonds is 3. The fourth-order valence-corrected chi connectivity index (χ4v) is 2.37. The predicted octanol–water partition coefficient (Wildman–Crippen LogP) is 1.56. The molecule has 1 aromatic heterocycles. The highest BCUT2D eigenvalue weighted by molar-refractivity contribution is 5.81. The first-order valence-corrected chi connectivity index (χ1v) is 7.43. The standard InChI is InChI=1S/C15H18F3N3O3/c1-10(14(23)21-8-6-20(7-9-21)11(2)22)24-13-5-3-4-12(19-13)15(16,17)18/h3-5,10H,6-9H2,1-2H3. The lowest BCUT2D eigenvalue weighted by molar-refractivity contribution is -0.143. The minimum atomic E-state index is -4.57. The SMILES string of the molecule is CC(=O)N1CCN(C(=O)C(C)Oc2cccc(C(F)(F)F)n2)CC1. The van der Waals surface area contributed by atoms with E-state index in [-0.39, 0.29) is 17.7 Å². The van der Waals surface area contributed by atoms with Gasteiger partial charge in [-0.25, -0.2) is 4.98 Å². The molecule has 24 heavy (non-hydrogen) atoms. The molecule has 0 aliphatic carbocycles. The number of pyridine rings is 1. The van der Waals surface area contributed by atoms with Crippen LogP contribution in [0.2, 0.25) is 0 Å². The summed E-state index contributed by atoms with van der Waals surface area (Å²) >= 11 is 0. The minimum absolute atomic E-state index is 0.0560. The molecule has 1 aromatic rings. The number of piperazine rings is 1. The average molecular weight is 345 g/mol. The smallest absolute Gasteiger partial charge is 0.433 e. The van der Waals surface area contributed by atoms with Crippen molar-refractivity contribution < 1.29 is 27.5 Å². The van der Waals surface area contributed by atoms with Crippen molar-refractivity contribution in [1.82, 2.24) is 14.8 Å². The molecule has 1 saturated heterocycles. The van der Waals surface area contributed by atoms with E-state index in [0.717, 1.165) is 6.07 Å². The number of aromatic nitrogens is 1. The molecule has 0 aromatic carbocycles. The van der Waals surface area contributed by atoms with E-state index < -0.39 is 18.0 Å². The van der Waals surface area contributed by atoms with Crippen LogP contribution in [0.15, 0.2) is 18.2 Å². The van der Waals surface area contributed by atoms with Gasteiger partial charge in [0.15, 0.2) is 6.10 Å². The van der Waals surface area contributed by atoms with Crippen LogP contribution in [0.4, 0.5) is 13.2 Å². The molecular formula is C15H18F3N3O3. The van der Waals surface area contributed by atoms with E-state index in [1.807, 2.05) is 0 Å². The van der Waals surface area contributed by atoms with Crippen molar-refractivity contribution in [3.8, 4) is 5.88 Å². The summed E-state index contributed by atoms with van der Waals surface area (Å²) < 4.78 is 43.2. The summed E-state index contributed by atoms with van der Waals surface area (Å²) in [7, 11) is 0. The van der Waals surface area contributed by atoms with E-state index in [1.54, 1.807) is 4.90 Å². The first-order chi connectivity index (χ1) is 11.2. The Morgan fingerprint density at radius 1 is 1.17 bits per heavy atom. The molecule has 1 unspecified atom stereocenters. The number of carbonyl (C=O) groups is 2. The quantitative estimate of drug-likeness (QED) is 0.834. The van der Waals surface area contributed by atoms with Crippen LogP contribution in [-0.2, 0) is 15.8 Å². The van der Waals surface area contributed by atoms with Gasteiger partial charge in [0.1, 0.15) is 5.69 Å². The van der Waals surface area contributed by atoms with Gasteiger partial charge >= 0.3 is 6.18 Å². The highest BCUT2D eigenvalue weighted by Crippen LogP contribution is 2.28. The van der Waals surface area contributed by atoms with Gasteiger partial charge < -0.3 is 14.5 Å². The largest absolute Gasteiger partial charge is 0.465 e. The van der Waals surface area contributed by atoms with Crippen LogP contribution < -0.4 is 4.74 Å². The molecule has 1 aliphatic rings. The van der Waals surface area contributed by atoms with Gasteiger partial charge in [-0.3, -0.25) is 9.59 Å². The number of ether oxygens (including phenoxy) is 1. The lowest BCUT2D eigenvalue weighted by Gasteiger charge is -2.35. The van der Waals surface area contributed by atoms with E-state index in [9.17, 15) is 22.8 Å². The zero-order valence-corrected chi connectivity index (χ0v) is 13.3. The Bertz CT molecular complexity index is 613. The van der Waals surface area contributed by atoms with Crippen molar-refractivity contribution in [2.24, 2.45) is 0 Å². The van der Waals surface area contributed by atoms with Crippen LogP contribution in [0, 0.1) is 0 Å². The van der Waals surface area contributed by atoms with Gasteiger partial charge in [-0.2, -0.15) is 13.2 Å². The molecule has 9 heteroatoms. The maximum absolute atomic E-state index is 12.6. The third-order valence-corrected chi connectivity index (χ3v) is 3.70. The number of carbonyl (C=O) groups excluding carboxylic acids is 2. The first kappa shape index (κ1) is 18.0. The summed E-state index contributed by atoms with van der Waals surface area (Å²) in [6, 6.07) is 3.28. The molecule has 6 nitrogen and oxygen atoms in total. The van der Waals surface area contributed by atoms with Gasteiger partial charge in [-0.1, -0.05) is 6.07 Å². The van der Waals surface area contributed by atoms with Crippen LogP contribution in [0.1, 0.15) is 19.5 Å². The van der Waals surface area contributed by atoms with Crippen LogP contribution in [-0.4, -0.2) is 58.9 Å². The summed E-state index contributed by atoms with van der Waals surface area (Å²) in [5.74, 6) is -0.662. The first-order valence-electron chi connectivity index (χ1n) is 7.43. The number of hydrogen-bond donors (Lipinski definition) is 0. The van der Waals surface area contributed by atoms with Gasteiger partial charge in [0.25, 0.3) is 5.91 Å². The number of hydrogen-bond acceptors (Lipinski definition) is 4. The average Bonchev–Trinajstić information content (AvgIpc) is 2.53. The van der Waals surface area contributed by atoms with Crippen LogP contribution in [0.5, 0.6) is 5.88 Å². The number of amides is 2. The van der Waals surface area contributed by atoms with Gasteiger partial charge in [0, 0.05) is 39.2 Å². The van der Waals surface area contributed by atoms with E-state index in [4.69, 9.17) is 4.74 Å². The second kappa shape index (κ2) is 7.06. The van der Waals surface area contributed by atoms with Crippen LogP contribution in [0.3, 0.4) is 0 Å². The van der Waals surface area contributed by atoms with Gasteiger partial charge in [-0.15, -0.1) is 0 Å². The molecule has 0 bridgehead atoms. The number of nitrogens with zero attached hydrogens (tertiary/aromatic N) is 3. The predicted molar refractivity (Wildman–Crippen MR) is 78.2 cm³/mol. The second-order valence-electron chi connectivity index (χ2n) is 5.45. The van der Waals surface area contributed by atoms with Gasteiger partial charge in [0.05, 0.1) is 0 Å². The molecule has 1 aliphatic heterocycles. The Kier molecular flexibility index (Phi) is 5.30. The molecule has 2 rings (SSSR count). The lowest BCUT2D eigenvalue weighted by atomic mass is 10.2. The van der Waals surface area contributed by atoms with Gasteiger partial charge in [-0.05, 0) is 13.0 Å². The van der Waals surface area contributed by atoms with Crippen LogP contribution >= 0.6 is 0 Å². The molecule has 132 valence electrons. The Morgan fingerprint density at radius 2 is 1.75 bits per heavy atom. The molecule has 0 spiro atoms. The van der Waals surface area contributed by atoms with E-state index in [2.05, 4.69) is 4.98 Å². The third-order valence-electron chi connectivity index (χ3n) is 3.70. The molecule has 0 radical (unpaired) electrons. The van der Waals surface area contributed by atoms with Crippen molar-refractivity contribution >= 4 is 11.8 Å². The maximum Gasteiger partial charge on any atom is 0.433 e. The van der Waals surface area contributed by atoms with Gasteiger partial charge in [0.2, 0.25) is 11.8 Å². The van der Waals surface area contributed by atoms with E-state index >= 15 is 0 Å². The fraction of sp³-hybridized carbons (Fsp3) is 0.533. The molecular weight excluding hydrogens is 327 g/mol. The summed E-state index contributed by atoms with van der Waals surface area (Å²) in [6.45, 7) is 4.50. The van der Waals surface area contributed by atoms with Crippen molar-refractivity contribution in [2.75, 3.05) is 26.2 Å². The number of alkyl halides is 3. The maximum atomic E-state index is 12.6. The second-order valence-corrected chi connectivity index (χ2v) is 5.45. The summed E-state index contributed by atoms with van der Waals surface area (Å²) in [4.78, 5) is 30.1. The topological polar surface area (TPSA) is 62.7 Å². The highest BCUT2D eigenvalue weighted by Gasteiger charge is 2.33. The Balaban J connectivity index is 1.96. The molecule has 0 N–H and O–H groups in total. The summed E-state index contributed by atoms with van der Waals surface area (Å²) in [5, 5.41) is 0. The molecule has 1 fully saturated rings. The normalized spacial score (nSPS) is 16.7. The van der Waals surface area contributed by atoms with E-state index in [0.29, 0.717) is 26.2 Å². The minimum Gasteiger partial charge on any atom is -0.465 e. The summed E-state index contributed by atoms with van der Waals surface area (Å²) in [6.07, 6.45) is -5.54. The lowest BCUT2D eigenvalue weighted by Crippen LogP contribution is -2.52. The number of halogens is 3. The molecule has 2 heterocycles. The highest BCUT2D eigenvalue weighted by atomic mass is 19.4. The van der Waals surface area contributed by atoms with Crippen molar-refractivity contribution in [3.05, 3.63) is 23.9 Å². The molecule has 1 atom stereocenters. The summed E-state index contributed by atoms with van der Waals surface area (Å²) in [5.41, 5.74) is -1.07. The molecule has 2 amide bonds. The fourth-order valence-electron chi connectivity index (χ4n) is 2.37. The Labute approximate surface area is 137 Å². The van der Waals surface area contributed by atoms with Crippen molar-refractivity contribution in [2.45, 2.75) is 26.1 Å². The molecule has 0 saturated carbocycles. The Hall–Kier alpha value is -2.32. The zero-order valence-electron chi connectivity index (χ0n) is 13.3. The monoisotopic (exact) mass is 345 g/mol. The Morgan fingerprint density at radius 3 is 2.29 bits per heavy atom. The van der Waals surface area contributed by atoms with Crippen molar-refractivity contribution in [3.63, 3.8) is 0 Å². The third kappa shape index (κ3) is 4.36. The zero-order chi connectivity index (χ0) is 17.9. The van der Waals surface area contributed by atoms with Crippen LogP contribution in [0.25, 0.3) is 0 Å².